The minimum atomic E-state index is -4.84. The van der Waals surface area contributed by atoms with E-state index in [0.717, 1.165) is 0 Å². The molecular formula is C8H6ClF3INO2. The normalized spacial score (nSPS) is 11.6. The number of hydrogen-bond donors (Lipinski definition) is 1. The van der Waals surface area contributed by atoms with E-state index in [1.807, 2.05) is 22.6 Å². The molecule has 1 N–H and O–H groups in total. The van der Waals surface area contributed by atoms with Gasteiger partial charge in [-0.15, -0.1) is 24.8 Å². The van der Waals surface area contributed by atoms with E-state index in [0.29, 0.717) is 3.57 Å². The van der Waals surface area contributed by atoms with Crippen LogP contribution in [-0.2, 0) is 12.5 Å². The lowest BCUT2D eigenvalue weighted by molar-refractivity contribution is -0.276. The van der Waals surface area contributed by atoms with Crippen molar-refractivity contribution in [2.75, 3.05) is 0 Å². The van der Waals surface area contributed by atoms with Gasteiger partial charge in [-0.2, -0.15) is 0 Å². The zero-order valence-corrected chi connectivity index (χ0v) is 10.6. The average molecular weight is 367 g/mol. The van der Waals surface area contributed by atoms with Gasteiger partial charge in [0.25, 0.3) is 0 Å². The molecular weight excluding hydrogens is 361 g/mol. The second kappa shape index (κ2) is 5.37. The summed E-state index contributed by atoms with van der Waals surface area (Å²) in [7, 11) is 0. The fourth-order valence-corrected chi connectivity index (χ4v) is 2.07. The van der Waals surface area contributed by atoms with E-state index in [-0.39, 0.29) is 17.1 Å². The fraction of sp³-hybridized carbons (Fsp3) is 0.375. The molecule has 0 fully saturated rings. The first kappa shape index (κ1) is 13.8. The third-order valence-corrected chi connectivity index (χ3v) is 2.78. The topological polar surface area (TPSA) is 42.4 Å². The number of alkyl halides is 4. The van der Waals surface area contributed by atoms with Crippen molar-refractivity contribution < 1.29 is 23.0 Å². The molecule has 0 amide bonds. The van der Waals surface area contributed by atoms with Gasteiger partial charge in [0.15, 0.2) is 0 Å². The minimum Gasteiger partial charge on any atom is -0.391 e. The van der Waals surface area contributed by atoms with Crippen molar-refractivity contribution in [3.05, 3.63) is 20.9 Å². The molecule has 0 saturated carbocycles. The third-order valence-electron chi connectivity index (χ3n) is 1.60. The molecule has 16 heavy (non-hydrogen) atoms. The summed E-state index contributed by atoms with van der Waals surface area (Å²) in [5.41, 5.74) is 0.245. The first-order valence-corrected chi connectivity index (χ1v) is 5.59. The summed E-state index contributed by atoms with van der Waals surface area (Å²) >= 11 is 7.37. The Morgan fingerprint density at radius 2 is 2.12 bits per heavy atom. The smallest absolute Gasteiger partial charge is 0.391 e. The van der Waals surface area contributed by atoms with Gasteiger partial charge in [0.2, 0.25) is 5.88 Å². The van der Waals surface area contributed by atoms with Gasteiger partial charge in [0.05, 0.1) is 18.2 Å². The Morgan fingerprint density at radius 1 is 1.50 bits per heavy atom. The molecule has 1 aromatic heterocycles. The Balaban J connectivity index is 3.15. The lowest BCUT2D eigenvalue weighted by Crippen LogP contribution is -2.19. The molecule has 0 atom stereocenters. The summed E-state index contributed by atoms with van der Waals surface area (Å²) in [6.07, 6.45) is -4.84. The SMILES string of the molecule is OCc1cc(I)c(CCl)nc1OC(F)(F)F. The molecule has 0 radical (unpaired) electrons. The van der Waals surface area contributed by atoms with Crippen LogP contribution in [0.2, 0.25) is 0 Å². The van der Waals surface area contributed by atoms with Crippen LogP contribution in [0.15, 0.2) is 6.07 Å². The van der Waals surface area contributed by atoms with Crippen molar-refractivity contribution >= 4 is 34.2 Å². The molecule has 1 aromatic rings. The van der Waals surface area contributed by atoms with Crippen molar-refractivity contribution in [2.45, 2.75) is 18.8 Å². The van der Waals surface area contributed by atoms with E-state index < -0.39 is 18.8 Å². The van der Waals surface area contributed by atoms with Crippen molar-refractivity contribution in [1.82, 2.24) is 4.98 Å². The van der Waals surface area contributed by atoms with Crippen LogP contribution < -0.4 is 4.74 Å². The summed E-state index contributed by atoms with van der Waals surface area (Å²) in [5.74, 6) is -0.691. The summed E-state index contributed by atoms with van der Waals surface area (Å²) in [5, 5.41) is 8.88. The molecule has 0 saturated heterocycles. The number of ether oxygens (including phenoxy) is 1. The number of nitrogens with zero attached hydrogens (tertiary/aromatic N) is 1. The number of aromatic nitrogens is 1. The van der Waals surface area contributed by atoms with Gasteiger partial charge >= 0.3 is 6.36 Å². The lowest BCUT2D eigenvalue weighted by atomic mass is 10.2. The summed E-state index contributed by atoms with van der Waals surface area (Å²) in [6, 6.07) is 1.35. The Labute approximate surface area is 108 Å². The predicted molar refractivity (Wildman–Crippen MR) is 59.1 cm³/mol. The van der Waals surface area contributed by atoms with Gasteiger partial charge in [-0.1, -0.05) is 0 Å². The maximum atomic E-state index is 12.0. The first-order valence-electron chi connectivity index (χ1n) is 3.98. The molecule has 0 bridgehead atoms. The van der Waals surface area contributed by atoms with Crippen LogP contribution in [0.4, 0.5) is 13.2 Å². The molecule has 8 heteroatoms. The first-order chi connectivity index (χ1) is 7.37. The van der Waals surface area contributed by atoms with Crippen LogP contribution in [0.5, 0.6) is 5.88 Å². The average Bonchev–Trinajstić information content (AvgIpc) is 2.18. The van der Waals surface area contributed by atoms with Crippen molar-refractivity contribution in [3.8, 4) is 5.88 Å². The van der Waals surface area contributed by atoms with Crippen LogP contribution >= 0.6 is 34.2 Å². The van der Waals surface area contributed by atoms with Crippen molar-refractivity contribution in [1.29, 1.82) is 0 Å². The van der Waals surface area contributed by atoms with Crippen molar-refractivity contribution in [2.24, 2.45) is 0 Å². The molecule has 1 heterocycles. The van der Waals surface area contributed by atoms with E-state index in [9.17, 15) is 13.2 Å². The largest absolute Gasteiger partial charge is 0.574 e. The second-order valence-corrected chi connectivity index (χ2v) is 4.15. The van der Waals surface area contributed by atoms with Crippen molar-refractivity contribution in [3.63, 3.8) is 0 Å². The predicted octanol–water partition coefficient (Wildman–Crippen LogP) is 2.82. The van der Waals surface area contributed by atoms with E-state index in [4.69, 9.17) is 16.7 Å². The number of aliphatic hydroxyl groups is 1. The Kier molecular flexibility index (Phi) is 4.62. The van der Waals surface area contributed by atoms with Gasteiger partial charge < -0.3 is 9.84 Å². The van der Waals surface area contributed by atoms with Crippen LogP contribution in [0.25, 0.3) is 0 Å². The molecule has 90 valence electrons. The second-order valence-electron chi connectivity index (χ2n) is 2.72. The maximum Gasteiger partial charge on any atom is 0.574 e. The van der Waals surface area contributed by atoms with E-state index in [1.165, 1.54) is 6.07 Å². The zero-order valence-electron chi connectivity index (χ0n) is 7.68. The summed E-state index contributed by atoms with van der Waals surface area (Å²) < 4.78 is 40.3. The highest BCUT2D eigenvalue weighted by molar-refractivity contribution is 14.1. The highest BCUT2D eigenvalue weighted by atomic mass is 127. The Hall–Kier alpha value is -0.280. The standard InChI is InChI=1S/C8H6ClF3INO2/c9-2-6-5(13)1-4(3-15)7(14-6)16-8(10,11)12/h1,15H,2-3H2. The van der Waals surface area contributed by atoms with Gasteiger partial charge in [-0.05, 0) is 28.7 Å². The number of aliphatic hydroxyl groups excluding tert-OH is 1. The van der Waals surface area contributed by atoms with Gasteiger partial charge in [0.1, 0.15) is 0 Å². The van der Waals surface area contributed by atoms with Gasteiger partial charge in [-0.3, -0.25) is 0 Å². The maximum absolute atomic E-state index is 12.0. The minimum absolute atomic E-state index is 0.0296. The van der Waals surface area contributed by atoms with Crippen LogP contribution in [0.3, 0.4) is 0 Å². The highest BCUT2D eigenvalue weighted by Crippen LogP contribution is 2.27. The Morgan fingerprint density at radius 3 is 2.56 bits per heavy atom. The molecule has 0 aliphatic rings. The van der Waals surface area contributed by atoms with E-state index in [2.05, 4.69) is 9.72 Å². The number of hydrogen-bond acceptors (Lipinski definition) is 3. The van der Waals surface area contributed by atoms with E-state index in [1.54, 1.807) is 0 Å². The molecule has 0 aliphatic heterocycles. The van der Waals surface area contributed by atoms with Gasteiger partial charge in [0, 0.05) is 9.13 Å². The highest BCUT2D eigenvalue weighted by Gasteiger charge is 2.33. The zero-order chi connectivity index (χ0) is 12.3. The molecule has 0 spiro atoms. The molecule has 0 unspecified atom stereocenters. The molecule has 1 rings (SSSR count). The number of halogens is 5. The van der Waals surface area contributed by atoms with Crippen LogP contribution in [0.1, 0.15) is 11.3 Å². The number of pyridine rings is 1. The summed E-state index contributed by atoms with van der Waals surface area (Å²) in [6.45, 7) is -0.586. The third kappa shape index (κ3) is 3.63. The summed E-state index contributed by atoms with van der Waals surface area (Å²) in [4.78, 5) is 3.61. The Bertz CT molecular complexity index is 386. The molecule has 0 aliphatic carbocycles. The lowest BCUT2D eigenvalue weighted by Gasteiger charge is -2.12. The van der Waals surface area contributed by atoms with E-state index >= 15 is 0 Å². The quantitative estimate of drug-likeness (QED) is 0.660. The van der Waals surface area contributed by atoms with Gasteiger partial charge in [-0.25, -0.2) is 4.98 Å². The van der Waals surface area contributed by atoms with Crippen LogP contribution in [0, 0.1) is 3.57 Å². The number of rotatable bonds is 3. The molecule has 0 aromatic carbocycles. The fourth-order valence-electron chi connectivity index (χ4n) is 0.951. The molecule has 3 nitrogen and oxygen atoms in total. The van der Waals surface area contributed by atoms with Crippen LogP contribution in [-0.4, -0.2) is 16.5 Å². The monoisotopic (exact) mass is 367 g/mol.